The second kappa shape index (κ2) is 11.8. The van der Waals surface area contributed by atoms with Crippen LogP contribution in [-0.2, 0) is 22.4 Å². The number of aliphatic carboxylic acids is 1. The van der Waals surface area contributed by atoms with E-state index in [4.69, 9.17) is 18.9 Å². The number of benzene rings is 2. The SMILES string of the molecule is COc1ccc(CC(C)C(C)Cc2ccc(OC)c(O[C@@H]3O[C@H](C(=O)O)[C@@H](O)[C@H](O)[C@H]3O)c2)cc1O. The van der Waals surface area contributed by atoms with Gasteiger partial charge in [0, 0.05) is 0 Å². The number of phenolic OH excluding ortho intramolecular Hbond substituents is 1. The molecule has 198 valence electrons. The average molecular weight is 507 g/mol. The fourth-order valence-corrected chi connectivity index (χ4v) is 4.22. The molecule has 2 aromatic rings. The highest BCUT2D eigenvalue weighted by molar-refractivity contribution is 5.73. The number of carboxylic acid groups (broad SMARTS) is 1. The Labute approximate surface area is 209 Å². The van der Waals surface area contributed by atoms with Gasteiger partial charge in [0.05, 0.1) is 14.2 Å². The molecule has 3 rings (SSSR count). The molecule has 5 N–H and O–H groups in total. The predicted molar refractivity (Wildman–Crippen MR) is 128 cm³/mol. The minimum Gasteiger partial charge on any atom is -0.504 e. The molecule has 1 aliphatic heterocycles. The molecule has 7 atom stereocenters. The fraction of sp³-hybridized carbons (Fsp3) is 0.500. The van der Waals surface area contributed by atoms with E-state index in [1.165, 1.54) is 14.2 Å². The van der Waals surface area contributed by atoms with Crippen LogP contribution in [0.4, 0.5) is 0 Å². The van der Waals surface area contributed by atoms with Gasteiger partial charge in [-0.05, 0) is 60.1 Å². The van der Waals surface area contributed by atoms with E-state index >= 15 is 0 Å². The first-order valence-electron chi connectivity index (χ1n) is 11.7. The number of carboxylic acids is 1. The molecule has 1 aliphatic rings. The van der Waals surface area contributed by atoms with Crippen molar-refractivity contribution in [1.82, 2.24) is 0 Å². The summed E-state index contributed by atoms with van der Waals surface area (Å²) in [6.45, 7) is 4.24. The van der Waals surface area contributed by atoms with Crippen molar-refractivity contribution in [3.05, 3.63) is 47.5 Å². The molecule has 0 aliphatic carbocycles. The normalized spacial score (nSPS) is 25.6. The van der Waals surface area contributed by atoms with Gasteiger partial charge in [0.1, 0.15) is 18.3 Å². The lowest BCUT2D eigenvalue weighted by Crippen LogP contribution is -2.61. The number of phenols is 1. The Morgan fingerprint density at radius 2 is 1.42 bits per heavy atom. The lowest BCUT2D eigenvalue weighted by atomic mass is 9.85. The monoisotopic (exact) mass is 506 g/mol. The van der Waals surface area contributed by atoms with E-state index in [1.54, 1.807) is 24.3 Å². The molecule has 36 heavy (non-hydrogen) atoms. The molecule has 1 saturated heterocycles. The van der Waals surface area contributed by atoms with Crippen molar-refractivity contribution in [3.63, 3.8) is 0 Å². The number of aliphatic hydroxyl groups excluding tert-OH is 3. The zero-order valence-electron chi connectivity index (χ0n) is 20.7. The highest BCUT2D eigenvalue weighted by Gasteiger charge is 2.48. The van der Waals surface area contributed by atoms with Crippen molar-refractivity contribution in [2.45, 2.75) is 57.4 Å². The molecule has 0 radical (unpaired) electrons. The Kier molecular flexibility index (Phi) is 9.02. The number of aliphatic hydroxyl groups is 3. The summed E-state index contributed by atoms with van der Waals surface area (Å²) in [5, 5.41) is 49.6. The molecule has 0 saturated carbocycles. The predicted octanol–water partition coefficient (Wildman–Crippen LogP) is 1.74. The third-order valence-electron chi connectivity index (χ3n) is 6.61. The first-order chi connectivity index (χ1) is 17.0. The van der Waals surface area contributed by atoms with Crippen molar-refractivity contribution in [2.75, 3.05) is 14.2 Å². The van der Waals surface area contributed by atoms with Crippen molar-refractivity contribution in [3.8, 4) is 23.0 Å². The molecule has 1 heterocycles. The second-order valence-electron chi connectivity index (χ2n) is 9.21. The van der Waals surface area contributed by atoms with E-state index in [0.717, 1.165) is 17.5 Å². The average Bonchev–Trinajstić information content (AvgIpc) is 2.84. The number of rotatable bonds is 10. The van der Waals surface area contributed by atoms with E-state index in [1.807, 2.05) is 12.1 Å². The summed E-state index contributed by atoms with van der Waals surface area (Å²) in [7, 11) is 2.94. The van der Waals surface area contributed by atoms with Gasteiger partial charge < -0.3 is 44.5 Å². The Morgan fingerprint density at radius 3 is 1.94 bits per heavy atom. The maximum atomic E-state index is 11.4. The van der Waals surface area contributed by atoms with Crippen LogP contribution in [0.5, 0.6) is 23.0 Å². The highest BCUT2D eigenvalue weighted by atomic mass is 16.7. The quantitative estimate of drug-likeness (QED) is 0.322. The molecule has 0 aromatic heterocycles. The van der Waals surface area contributed by atoms with Gasteiger partial charge in [-0.1, -0.05) is 26.0 Å². The lowest BCUT2D eigenvalue weighted by molar-refractivity contribution is -0.271. The molecule has 0 spiro atoms. The van der Waals surface area contributed by atoms with E-state index in [9.17, 15) is 30.3 Å². The first kappa shape index (κ1) is 27.5. The van der Waals surface area contributed by atoms with Crippen molar-refractivity contribution in [1.29, 1.82) is 0 Å². The molecular weight excluding hydrogens is 472 g/mol. The van der Waals surface area contributed by atoms with Crippen LogP contribution in [-0.4, -0.2) is 76.4 Å². The number of hydrogen-bond acceptors (Lipinski definition) is 9. The second-order valence-corrected chi connectivity index (χ2v) is 9.21. The Bertz CT molecular complexity index is 1040. The third-order valence-corrected chi connectivity index (χ3v) is 6.61. The summed E-state index contributed by atoms with van der Waals surface area (Å²) in [4.78, 5) is 11.4. The van der Waals surface area contributed by atoms with Gasteiger partial charge in [0.15, 0.2) is 29.1 Å². The van der Waals surface area contributed by atoms with Crippen LogP contribution < -0.4 is 14.2 Å². The van der Waals surface area contributed by atoms with Crippen LogP contribution in [0.1, 0.15) is 25.0 Å². The zero-order chi connectivity index (χ0) is 26.6. The summed E-state index contributed by atoms with van der Waals surface area (Å²) >= 11 is 0. The van der Waals surface area contributed by atoms with Gasteiger partial charge in [0.2, 0.25) is 6.29 Å². The van der Waals surface area contributed by atoms with Crippen molar-refractivity contribution >= 4 is 5.97 Å². The summed E-state index contributed by atoms with van der Waals surface area (Å²) in [5.41, 5.74) is 1.90. The van der Waals surface area contributed by atoms with Crippen LogP contribution in [0.3, 0.4) is 0 Å². The summed E-state index contributed by atoms with van der Waals surface area (Å²) in [6, 6.07) is 10.6. The molecule has 10 nitrogen and oxygen atoms in total. The molecule has 2 unspecified atom stereocenters. The first-order valence-corrected chi connectivity index (χ1v) is 11.7. The van der Waals surface area contributed by atoms with Gasteiger partial charge in [-0.2, -0.15) is 0 Å². The van der Waals surface area contributed by atoms with Crippen LogP contribution in [0.2, 0.25) is 0 Å². The van der Waals surface area contributed by atoms with Gasteiger partial charge in [-0.15, -0.1) is 0 Å². The number of hydrogen-bond donors (Lipinski definition) is 5. The third kappa shape index (κ3) is 6.19. The standard InChI is InChI=1S/C26H34O10/c1-13(9-15-5-7-18(33-3)17(27)11-15)14(2)10-16-6-8-19(34-4)20(12-16)35-26-23(30)21(28)22(29)24(36-26)25(31)32/h5-8,11-14,21-24,26-30H,9-10H2,1-4H3,(H,31,32)/t13?,14?,21-,22-,23+,24-,26+/m0/s1. The lowest BCUT2D eigenvalue weighted by Gasteiger charge is -2.38. The molecule has 0 amide bonds. The van der Waals surface area contributed by atoms with Crippen LogP contribution in [0, 0.1) is 11.8 Å². The number of carbonyl (C=O) groups is 1. The van der Waals surface area contributed by atoms with Gasteiger partial charge in [-0.3, -0.25) is 0 Å². The number of aromatic hydroxyl groups is 1. The smallest absolute Gasteiger partial charge is 0.335 e. The molecule has 2 aromatic carbocycles. The fourth-order valence-electron chi connectivity index (χ4n) is 4.22. The van der Waals surface area contributed by atoms with Gasteiger partial charge >= 0.3 is 5.97 Å². The van der Waals surface area contributed by atoms with Crippen LogP contribution >= 0.6 is 0 Å². The van der Waals surface area contributed by atoms with Gasteiger partial charge in [0.25, 0.3) is 0 Å². The minimum absolute atomic E-state index is 0.0988. The highest BCUT2D eigenvalue weighted by Crippen LogP contribution is 2.34. The molecule has 10 heteroatoms. The van der Waals surface area contributed by atoms with Crippen molar-refractivity contribution < 1.29 is 49.3 Å². The summed E-state index contributed by atoms with van der Waals surface area (Å²) in [6.07, 6.45) is -7.12. The Hall–Kier alpha value is -3.05. The van der Waals surface area contributed by atoms with Gasteiger partial charge in [-0.25, -0.2) is 4.79 Å². The maximum absolute atomic E-state index is 11.4. The largest absolute Gasteiger partial charge is 0.504 e. The van der Waals surface area contributed by atoms with Crippen molar-refractivity contribution in [2.24, 2.45) is 11.8 Å². The number of ether oxygens (including phenoxy) is 4. The minimum atomic E-state index is -1.81. The molecule has 1 fully saturated rings. The molecule has 0 bridgehead atoms. The summed E-state index contributed by atoms with van der Waals surface area (Å²) < 4.78 is 21.4. The van der Waals surface area contributed by atoms with E-state index in [0.29, 0.717) is 17.9 Å². The zero-order valence-corrected chi connectivity index (χ0v) is 20.7. The van der Waals surface area contributed by atoms with E-state index < -0.39 is 36.7 Å². The molecular formula is C26H34O10. The van der Waals surface area contributed by atoms with E-state index in [-0.39, 0.29) is 23.3 Å². The Morgan fingerprint density at radius 1 is 0.861 bits per heavy atom. The number of methoxy groups -OCH3 is 2. The Balaban J connectivity index is 1.72. The van der Waals surface area contributed by atoms with Crippen LogP contribution in [0.15, 0.2) is 36.4 Å². The maximum Gasteiger partial charge on any atom is 0.335 e. The topological polar surface area (TPSA) is 155 Å². The van der Waals surface area contributed by atoms with Crippen LogP contribution in [0.25, 0.3) is 0 Å². The van der Waals surface area contributed by atoms with E-state index in [2.05, 4.69) is 13.8 Å². The summed E-state index contributed by atoms with van der Waals surface area (Å²) in [5.74, 6) is 0.0654.